The molecule has 1 aliphatic carbocycles. The second-order valence-corrected chi connectivity index (χ2v) is 10.6. The van der Waals surface area contributed by atoms with Gasteiger partial charge in [-0.25, -0.2) is 9.59 Å². The highest BCUT2D eigenvalue weighted by Gasteiger charge is 2.34. The average Bonchev–Trinajstić information content (AvgIpc) is 2.73. The lowest BCUT2D eigenvalue weighted by atomic mass is 9.88. The van der Waals surface area contributed by atoms with Crippen LogP contribution in [0.25, 0.3) is 0 Å². The first-order valence-electron chi connectivity index (χ1n) is 11.5. The lowest BCUT2D eigenvalue weighted by molar-refractivity contribution is 0.00922. The van der Waals surface area contributed by atoms with Crippen LogP contribution in [0.15, 0.2) is 22.7 Å². The number of rotatable bonds is 7. The molecule has 1 saturated carbocycles. The molecule has 3 rings (SSSR count). The minimum Gasteiger partial charge on any atom is -0.489 e. The van der Waals surface area contributed by atoms with Crippen molar-refractivity contribution in [3.8, 4) is 5.75 Å². The van der Waals surface area contributed by atoms with E-state index in [4.69, 9.17) is 14.2 Å². The third-order valence-corrected chi connectivity index (χ3v) is 6.75. The van der Waals surface area contributed by atoms with Crippen LogP contribution in [-0.2, 0) is 9.47 Å². The van der Waals surface area contributed by atoms with Crippen LogP contribution >= 0.6 is 15.9 Å². The van der Waals surface area contributed by atoms with Crippen LogP contribution < -0.4 is 4.74 Å². The molecule has 0 N–H and O–H groups in total. The minimum atomic E-state index is -0.454. The van der Waals surface area contributed by atoms with Gasteiger partial charge in [0, 0.05) is 58.2 Å². The number of amides is 1. The summed E-state index contributed by atoms with van der Waals surface area (Å²) in [6, 6.07) is 5.76. The molecule has 184 valence electrons. The van der Waals surface area contributed by atoms with Crippen molar-refractivity contribution in [2.24, 2.45) is 0 Å². The molecule has 0 spiro atoms. The maximum absolute atomic E-state index is 12.2. The van der Waals surface area contributed by atoms with E-state index in [0.717, 1.165) is 49.2 Å². The Labute approximate surface area is 205 Å². The summed E-state index contributed by atoms with van der Waals surface area (Å²) in [5, 5.41) is 0. The van der Waals surface area contributed by atoms with Gasteiger partial charge in [0.15, 0.2) is 0 Å². The smallest absolute Gasteiger partial charge is 0.410 e. The Balaban J connectivity index is 1.34. The summed E-state index contributed by atoms with van der Waals surface area (Å²) in [6.07, 6.45) is 1.92. The molecule has 1 amide bonds. The Morgan fingerprint density at radius 1 is 1.15 bits per heavy atom. The highest BCUT2D eigenvalue weighted by Crippen LogP contribution is 2.33. The maximum atomic E-state index is 12.2. The molecular formula is C24H36BrN3O5. The van der Waals surface area contributed by atoms with Gasteiger partial charge in [0.25, 0.3) is 0 Å². The lowest BCUT2D eigenvalue weighted by Gasteiger charge is -2.42. The van der Waals surface area contributed by atoms with Gasteiger partial charge in [-0.2, -0.15) is 0 Å². The highest BCUT2D eigenvalue weighted by molar-refractivity contribution is 9.10. The van der Waals surface area contributed by atoms with Gasteiger partial charge in [0.2, 0.25) is 0 Å². The molecule has 0 bridgehead atoms. The molecule has 33 heavy (non-hydrogen) atoms. The third-order valence-electron chi connectivity index (χ3n) is 6.13. The van der Waals surface area contributed by atoms with Crippen LogP contribution in [-0.4, -0.2) is 97.9 Å². The monoisotopic (exact) mass is 525 g/mol. The maximum Gasteiger partial charge on any atom is 0.410 e. The molecule has 9 heteroatoms. The number of hydrogen-bond donors (Lipinski definition) is 0. The molecule has 1 aliphatic heterocycles. The summed E-state index contributed by atoms with van der Waals surface area (Å²) < 4.78 is 17.1. The average molecular weight is 526 g/mol. The minimum absolute atomic E-state index is 0.176. The van der Waals surface area contributed by atoms with Gasteiger partial charge in [0.05, 0.1) is 17.1 Å². The normalized spacial score (nSPS) is 21.5. The number of likely N-dealkylation sites (N-methyl/N-ethyl adjacent to an activating group) is 1. The van der Waals surface area contributed by atoms with E-state index >= 15 is 0 Å². The number of carbonyl (C=O) groups excluding carboxylic acids is 2. The van der Waals surface area contributed by atoms with Gasteiger partial charge in [-0.3, -0.25) is 4.90 Å². The Morgan fingerprint density at radius 3 is 2.39 bits per heavy atom. The van der Waals surface area contributed by atoms with Crippen molar-refractivity contribution in [3.63, 3.8) is 0 Å². The standard InChI is InChI=1S/C24H36BrN3O5/c1-24(2,3)33-23(30)28-12-10-27(11-13-28)9-8-26(4)18-15-19(16-18)32-21-7-6-17(14-20(21)25)22(29)31-5/h6-7,14,18-19H,8-13,15-16H2,1-5H3. The predicted octanol–water partition coefficient (Wildman–Crippen LogP) is 3.63. The first-order chi connectivity index (χ1) is 15.6. The van der Waals surface area contributed by atoms with Crippen molar-refractivity contribution >= 4 is 28.0 Å². The third kappa shape index (κ3) is 7.32. The molecule has 0 atom stereocenters. The van der Waals surface area contributed by atoms with E-state index in [0.29, 0.717) is 24.7 Å². The molecule has 1 heterocycles. The molecule has 1 aromatic carbocycles. The first-order valence-corrected chi connectivity index (χ1v) is 12.3. The number of carbonyl (C=O) groups is 2. The number of methoxy groups -OCH3 is 1. The molecule has 2 fully saturated rings. The molecule has 0 aromatic heterocycles. The van der Waals surface area contributed by atoms with Gasteiger partial charge in [0.1, 0.15) is 17.5 Å². The van der Waals surface area contributed by atoms with Crippen molar-refractivity contribution in [1.82, 2.24) is 14.7 Å². The van der Waals surface area contributed by atoms with Gasteiger partial charge in [-0.1, -0.05) is 0 Å². The lowest BCUT2D eigenvalue weighted by Crippen LogP contribution is -2.53. The fourth-order valence-electron chi connectivity index (χ4n) is 3.98. The summed E-state index contributed by atoms with van der Waals surface area (Å²) in [5.41, 5.74) is 0.0408. The quantitative estimate of drug-likeness (QED) is 0.503. The molecular weight excluding hydrogens is 490 g/mol. The van der Waals surface area contributed by atoms with Gasteiger partial charge < -0.3 is 24.0 Å². The van der Waals surface area contributed by atoms with E-state index in [1.165, 1.54) is 7.11 Å². The van der Waals surface area contributed by atoms with E-state index in [2.05, 4.69) is 32.8 Å². The highest BCUT2D eigenvalue weighted by atomic mass is 79.9. The van der Waals surface area contributed by atoms with Crippen LogP contribution in [0.4, 0.5) is 4.79 Å². The van der Waals surface area contributed by atoms with Crippen LogP contribution in [0.3, 0.4) is 0 Å². The Bertz CT molecular complexity index is 830. The second kappa shape index (κ2) is 11.1. The topological polar surface area (TPSA) is 71.6 Å². The summed E-state index contributed by atoms with van der Waals surface area (Å²) in [5.74, 6) is 0.385. The number of hydrogen-bond acceptors (Lipinski definition) is 7. The van der Waals surface area contributed by atoms with Gasteiger partial charge in [-0.05, 0) is 61.9 Å². The molecule has 1 saturated heterocycles. The molecule has 0 radical (unpaired) electrons. The Hall–Kier alpha value is -1.84. The van der Waals surface area contributed by atoms with Crippen LogP contribution in [0.1, 0.15) is 44.0 Å². The largest absolute Gasteiger partial charge is 0.489 e. The van der Waals surface area contributed by atoms with E-state index in [1.807, 2.05) is 26.8 Å². The molecule has 8 nitrogen and oxygen atoms in total. The summed E-state index contributed by atoms with van der Waals surface area (Å²) >= 11 is 3.49. The zero-order valence-electron chi connectivity index (χ0n) is 20.3. The zero-order valence-corrected chi connectivity index (χ0v) is 21.9. The van der Waals surface area contributed by atoms with Crippen molar-refractivity contribution < 1.29 is 23.8 Å². The number of esters is 1. The number of benzene rings is 1. The first kappa shape index (κ1) is 25.8. The fraction of sp³-hybridized carbons (Fsp3) is 0.667. The number of halogens is 1. The summed E-state index contributed by atoms with van der Waals surface area (Å²) in [6.45, 7) is 10.8. The van der Waals surface area contributed by atoms with E-state index < -0.39 is 5.60 Å². The van der Waals surface area contributed by atoms with Crippen molar-refractivity contribution in [2.45, 2.75) is 51.4 Å². The van der Waals surface area contributed by atoms with Crippen LogP contribution in [0, 0.1) is 0 Å². The van der Waals surface area contributed by atoms with Gasteiger partial charge >= 0.3 is 12.1 Å². The molecule has 2 aliphatic rings. The predicted molar refractivity (Wildman–Crippen MR) is 130 cm³/mol. The van der Waals surface area contributed by atoms with E-state index in [9.17, 15) is 9.59 Å². The van der Waals surface area contributed by atoms with Crippen molar-refractivity contribution in [3.05, 3.63) is 28.2 Å². The van der Waals surface area contributed by atoms with E-state index in [-0.39, 0.29) is 18.2 Å². The zero-order chi connectivity index (χ0) is 24.2. The number of ether oxygens (including phenoxy) is 3. The number of nitrogens with zero attached hydrogens (tertiary/aromatic N) is 3. The summed E-state index contributed by atoms with van der Waals surface area (Å²) in [4.78, 5) is 30.5. The van der Waals surface area contributed by atoms with Gasteiger partial charge in [-0.15, -0.1) is 0 Å². The second-order valence-electron chi connectivity index (χ2n) is 9.79. The molecule has 0 unspecified atom stereocenters. The van der Waals surface area contributed by atoms with Crippen LogP contribution in [0.2, 0.25) is 0 Å². The van der Waals surface area contributed by atoms with Crippen molar-refractivity contribution in [2.75, 3.05) is 53.4 Å². The SMILES string of the molecule is COC(=O)c1ccc(OC2CC(N(C)CCN3CCN(C(=O)OC(C)(C)C)CC3)C2)c(Br)c1. The van der Waals surface area contributed by atoms with Crippen LogP contribution in [0.5, 0.6) is 5.75 Å². The number of piperazine rings is 1. The molecule has 1 aromatic rings. The fourth-order valence-corrected chi connectivity index (χ4v) is 4.45. The summed E-state index contributed by atoms with van der Waals surface area (Å²) in [7, 11) is 3.54. The van der Waals surface area contributed by atoms with E-state index in [1.54, 1.807) is 17.0 Å². The Morgan fingerprint density at radius 2 is 1.82 bits per heavy atom. The Kier molecular flexibility index (Phi) is 8.64. The van der Waals surface area contributed by atoms with Crippen molar-refractivity contribution in [1.29, 1.82) is 0 Å².